The van der Waals surface area contributed by atoms with Crippen molar-refractivity contribution in [3.63, 3.8) is 0 Å². The number of aromatic nitrogens is 3. The van der Waals surface area contributed by atoms with Crippen molar-refractivity contribution in [2.24, 2.45) is 0 Å². The van der Waals surface area contributed by atoms with Gasteiger partial charge < -0.3 is 15.1 Å². The number of nitrogens with one attached hydrogen (secondary N) is 3. The highest BCUT2D eigenvalue weighted by Crippen LogP contribution is 2.17. The second-order valence-corrected chi connectivity index (χ2v) is 8.21. The zero-order valence-corrected chi connectivity index (χ0v) is 17.8. The number of quaternary nitrogens is 2. The van der Waals surface area contributed by atoms with E-state index in [9.17, 15) is 4.79 Å². The van der Waals surface area contributed by atoms with Gasteiger partial charge in [0, 0.05) is 11.9 Å². The zero-order valence-electron chi connectivity index (χ0n) is 16.9. The number of fused-ring (bicyclic) bond motifs is 1. The van der Waals surface area contributed by atoms with Crippen LogP contribution in [-0.2, 0) is 11.5 Å². The molecule has 0 spiro atoms. The van der Waals surface area contributed by atoms with Crippen molar-refractivity contribution in [3.05, 3.63) is 58.5 Å². The SMILES string of the molecule is Cc1cccc(NC(=O)C[NH+]2CC[NH+](Cn3nc4ccccn4c3=S)CC2)c1C. The molecule has 2 aromatic heterocycles. The Kier molecular flexibility index (Phi) is 5.75. The Morgan fingerprint density at radius 2 is 1.86 bits per heavy atom. The number of hydrogen-bond donors (Lipinski definition) is 3. The fourth-order valence-electron chi connectivity index (χ4n) is 3.88. The van der Waals surface area contributed by atoms with Crippen LogP contribution in [0.4, 0.5) is 5.69 Å². The summed E-state index contributed by atoms with van der Waals surface area (Å²) in [4.78, 5) is 15.3. The molecule has 1 aromatic carbocycles. The molecule has 1 fully saturated rings. The van der Waals surface area contributed by atoms with Crippen LogP contribution in [0.3, 0.4) is 0 Å². The number of pyridine rings is 1. The predicted octanol–water partition coefficient (Wildman–Crippen LogP) is -0.138. The number of carbonyl (C=O) groups is 1. The smallest absolute Gasteiger partial charge is 0.279 e. The van der Waals surface area contributed by atoms with E-state index in [1.807, 2.05) is 52.5 Å². The van der Waals surface area contributed by atoms with Crippen LogP contribution >= 0.6 is 12.2 Å². The third-order valence-electron chi connectivity index (χ3n) is 5.82. The summed E-state index contributed by atoms with van der Waals surface area (Å²) < 4.78 is 4.59. The molecule has 0 aliphatic carbocycles. The average molecular weight is 413 g/mol. The van der Waals surface area contributed by atoms with Gasteiger partial charge in [-0.3, -0.25) is 9.20 Å². The lowest BCUT2D eigenvalue weighted by Crippen LogP contribution is -3.28. The number of amides is 1. The summed E-state index contributed by atoms with van der Waals surface area (Å²) in [6.07, 6.45) is 1.95. The maximum atomic E-state index is 12.5. The molecule has 7 nitrogen and oxygen atoms in total. The minimum Gasteiger partial charge on any atom is -0.321 e. The van der Waals surface area contributed by atoms with E-state index in [0.29, 0.717) is 6.54 Å². The van der Waals surface area contributed by atoms with Crippen LogP contribution in [0.2, 0.25) is 0 Å². The Balaban J connectivity index is 1.30. The minimum atomic E-state index is 0.0831. The van der Waals surface area contributed by atoms with Crippen LogP contribution in [0.5, 0.6) is 0 Å². The summed E-state index contributed by atoms with van der Waals surface area (Å²) in [7, 11) is 0. The highest BCUT2D eigenvalue weighted by Gasteiger charge is 2.25. The van der Waals surface area contributed by atoms with Crippen molar-refractivity contribution in [2.75, 3.05) is 38.0 Å². The molecule has 1 aliphatic heterocycles. The third-order valence-corrected chi connectivity index (χ3v) is 6.22. The van der Waals surface area contributed by atoms with Crippen LogP contribution in [0, 0.1) is 18.6 Å². The van der Waals surface area contributed by atoms with Gasteiger partial charge in [-0.2, -0.15) is 4.68 Å². The molecular weight excluding hydrogens is 384 g/mol. The van der Waals surface area contributed by atoms with E-state index in [-0.39, 0.29) is 5.91 Å². The van der Waals surface area contributed by atoms with Gasteiger partial charge in [-0.15, -0.1) is 5.10 Å². The maximum Gasteiger partial charge on any atom is 0.279 e. The molecule has 8 heteroatoms. The molecule has 0 bridgehead atoms. The first-order valence-corrected chi connectivity index (χ1v) is 10.5. The number of nitrogens with zero attached hydrogens (tertiary/aromatic N) is 3. The molecule has 0 radical (unpaired) electrons. The third kappa shape index (κ3) is 4.39. The molecule has 4 rings (SSSR count). The number of carbonyl (C=O) groups excluding carboxylic acids is 1. The first kappa shape index (κ1) is 19.8. The minimum absolute atomic E-state index is 0.0831. The average Bonchev–Trinajstić information content (AvgIpc) is 3.03. The van der Waals surface area contributed by atoms with E-state index in [0.717, 1.165) is 54.5 Å². The molecule has 3 aromatic rings. The van der Waals surface area contributed by atoms with Crippen molar-refractivity contribution in [1.29, 1.82) is 0 Å². The second-order valence-electron chi connectivity index (χ2n) is 7.84. The van der Waals surface area contributed by atoms with Gasteiger partial charge in [-0.25, -0.2) is 0 Å². The molecule has 1 saturated heterocycles. The Hall–Kier alpha value is -2.55. The number of piperazine rings is 1. The van der Waals surface area contributed by atoms with Crippen molar-refractivity contribution in [3.8, 4) is 0 Å². The highest BCUT2D eigenvalue weighted by atomic mass is 32.1. The number of rotatable bonds is 5. The zero-order chi connectivity index (χ0) is 20.4. The summed E-state index contributed by atoms with van der Waals surface area (Å²) >= 11 is 5.55. The molecule has 152 valence electrons. The summed E-state index contributed by atoms with van der Waals surface area (Å²) in [5, 5.41) is 7.69. The summed E-state index contributed by atoms with van der Waals surface area (Å²) in [5.41, 5.74) is 4.12. The number of hydrogen-bond acceptors (Lipinski definition) is 3. The molecule has 0 saturated carbocycles. The highest BCUT2D eigenvalue weighted by molar-refractivity contribution is 7.71. The summed E-state index contributed by atoms with van der Waals surface area (Å²) in [6.45, 7) is 9.32. The van der Waals surface area contributed by atoms with Crippen molar-refractivity contribution >= 4 is 29.5 Å². The molecule has 3 heterocycles. The van der Waals surface area contributed by atoms with Gasteiger partial charge in [0.1, 0.15) is 26.2 Å². The van der Waals surface area contributed by atoms with Crippen LogP contribution < -0.4 is 15.1 Å². The number of anilines is 1. The van der Waals surface area contributed by atoms with Gasteiger partial charge >= 0.3 is 0 Å². The van der Waals surface area contributed by atoms with Crippen LogP contribution in [0.25, 0.3) is 5.65 Å². The van der Waals surface area contributed by atoms with E-state index in [1.54, 1.807) is 0 Å². The van der Waals surface area contributed by atoms with Crippen LogP contribution in [-0.4, -0.2) is 52.8 Å². The molecule has 3 N–H and O–H groups in total. The summed E-state index contributed by atoms with van der Waals surface area (Å²) in [6, 6.07) is 11.9. The Labute approximate surface area is 175 Å². The van der Waals surface area contributed by atoms with Crippen LogP contribution in [0.15, 0.2) is 42.6 Å². The van der Waals surface area contributed by atoms with E-state index in [4.69, 9.17) is 12.2 Å². The quantitative estimate of drug-likeness (QED) is 0.512. The fourth-order valence-corrected chi connectivity index (χ4v) is 4.14. The molecule has 1 aliphatic rings. The lowest BCUT2D eigenvalue weighted by atomic mass is 10.1. The fraction of sp³-hybridized carbons (Fsp3) is 0.381. The Morgan fingerprint density at radius 1 is 1.10 bits per heavy atom. The van der Waals surface area contributed by atoms with E-state index < -0.39 is 0 Å². The summed E-state index contributed by atoms with van der Waals surface area (Å²) in [5.74, 6) is 0.0831. The van der Waals surface area contributed by atoms with Crippen molar-refractivity contribution in [2.45, 2.75) is 20.5 Å². The lowest BCUT2D eigenvalue weighted by molar-refractivity contribution is -1.02. The van der Waals surface area contributed by atoms with Gasteiger partial charge in [0.25, 0.3) is 5.91 Å². The topological polar surface area (TPSA) is 60.2 Å². The monoisotopic (exact) mass is 412 g/mol. The van der Waals surface area contributed by atoms with Gasteiger partial charge in [0.2, 0.25) is 4.77 Å². The molecule has 0 atom stereocenters. The molecule has 0 unspecified atom stereocenters. The Bertz CT molecular complexity index is 1080. The van der Waals surface area contributed by atoms with Crippen LogP contribution in [0.1, 0.15) is 11.1 Å². The molecule has 1 amide bonds. The van der Waals surface area contributed by atoms with Crippen molar-refractivity contribution in [1.82, 2.24) is 14.2 Å². The number of benzene rings is 1. The van der Waals surface area contributed by atoms with Gasteiger partial charge in [0.15, 0.2) is 18.9 Å². The van der Waals surface area contributed by atoms with E-state index in [2.05, 4.69) is 23.4 Å². The second kappa shape index (κ2) is 8.44. The van der Waals surface area contributed by atoms with E-state index >= 15 is 0 Å². The normalized spacial score (nSPS) is 19.4. The first-order valence-electron chi connectivity index (χ1n) is 10.1. The number of aryl methyl sites for hydroxylation is 1. The van der Waals surface area contributed by atoms with Crippen molar-refractivity contribution < 1.29 is 14.6 Å². The molecular formula is C21H28N6OS+2. The van der Waals surface area contributed by atoms with Gasteiger partial charge in [-0.1, -0.05) is 18.2 Å². The largest absolute Gasteiger partial charge is 0.321 e. The Morgan fingerprint density at radius 3 is 2.62 bits per heavy atom. The standard InChI is InChI=1S/C21H26N6OS/c1-16-6-5-7-18(17(16)2)22-20(28)14-24-10-12-25(13-11-24)15-27-21(29)26-9-4-3-8-19(26)23-27/h3-9H,10-15H2,1-2H3,(H,22,28)/p+2. The maximum absolute atomic E-state index is 12.5. The first-order chi connectivity index (χ1) is 14.0. The van der Waals surface area contributed by atoms with Gasteiger partial charge in [0.05, 0.1) is 0 Å². The molecule has 29 heavy (non-hydrogen) atoms. The van der Waals surface area contributed by atoms with Gasteiger partial charge in [-0.05, 0) is 55.4 Å². The lowest BCUT2D eigenvalue weighted by Gasteiger charge is -2.29. The van der Waals surface area contributed by atoms with E-state index in [1.165, 1.54) is 15.4 Å². The predicted molar refractivity (Wildman–Crippen MR) is 115 cm³/mol.